The summed E-state index contributed by atoms with van der Waals surface area (Å²) >= 11 is 0. The van der Waals surface area contributed by atoms with Crippen LogP contribution in [0.1, 0.15) is 43.6 Å². The third-order valence-corrected chi connectivity index (χ3v) is 4.00. The molecule has 2 fully saturated rings. The summed E-state index contributed by atoms with van der Waals surface area (Å²) in [7, 11) is 0. The molecule has 0 spiro atoms. The molecule has 1 aromatic heterocycles. The number of rotatable bonds is 5. The molecule has 1 saturated carbocycles. The average Bonchev–Trinajstić information content (AvgIpc) is 3.12. The van der Waals surface area contributed by atoms with Gasteiger partial charge in [-0.25, -0.2) is 0 Å². The Morgan fingerprint density at radius 2 is 2.28 bits per heavy atom. The molecule has 100 valence electrons. The van der Waals surface area contributed by atoms with E-state index in [0.29, 0.717) is 6.04 Å². The Kier molecular flexibility index (Phi) is 3.66. The predicted molar refractivity (Wildman–Crippen MR) is 70.3 cm³/mol. The third kappa shape index (κ3) is 3.12. The van der Waals surface area contributed by atoms with Crippen molar-refractivity contribution in [2.75, 3.05) is 13.1 Å². The molecule has 2 heterocycles. The molecule has 1 aliphatic carbocycles. The molecule has 0 radical (unpaired) electrons. The van der Waals surface area contributed by atoms with Gasteiger partial charge in [-0.1, -0.05) is 11.6 Å². The van der Waals surface area contributed by atoms with E-state index in [0.717, 1.165) is 30.6 Å². The van der Waals surface area contributed by atoms with E-state index in [2.05, 4.69) is 21.4 Å². The van der Waals surface area contributed by atoms with Gasteiger partial charge in [0.05, 0.1) is 12.2 Å². The second kappa shape index (κ2) is 5.41. The van der Waals surface area contributed by atoms with Crippen molar-refractivity contribution in [3.63, 3.8) is 0 Å². The van der Waals surface area contributed by atoms with Gasteiger partial charge in [0.25, 0.3) is 0 Å². The summed E-state index contributed by atoms with van der Waals surface area (Å²) < 4.78 is 5.34. The van der Waals surface area contributed by atoms with Gasteiger partial charge in [-0.05, 0) is 39.2 Å². The zero-order valence-corrected chi connectivity index (χ0v) is 11.2. The number of aromatic nitrogens is 1. The molecule has 0 amide bonds. The molecular formula is C14H23N3O. The van der Waals surface area contributed by atoms with Crippen LogP contribution in [0.5, 0.6) is 0 Å². The van der Waals surface area contributed by atoms with E-state index < -0.39 is 0 Å². The van der Waals surface area contributed by atoms with Crippen LogP contribution in [0.15, 0.2) is 10.6 Å². The molecule has 1 N–H and O–H groups in total. The van der Waals surface area contributed by atoms with Crippen LogP contribution in [0, 0.1) is 6.92 Å². The van der Waals surface area contributed by atoms with Crippen molar-refractivity contribution in [3.8, 4) is 0 Å². The highest BCUT2D eigenvalue weighted by Gasteiger charge is 2.26. The smallest absolute Gasteiger partial charge is 0.150 e. The minimum absolute atomic E-state index is 0.671. The summed E-state index contributed by atoms with van der Waals surface area (Å²) in [5.41, 5.74) is 0.981. The lowest BCUT2D eigenvalue weighted by Crippen LogP contribution is -2.45. The van der Waals surface area contributed by atoms with Gasteiger partial charge in [-0.15, -0.1) is 0 Å². The number of aryl methyl sites for hydroxylation is 1. The third-order valence-electron chi connectivity index (χ3n) is 4.00. The van der Waals surface area contributed by atoms with Crippen molar-refractivity contribution in [1.29, 1.82) is 0 Å². The van der Waals surface area contributed by atoms with Crippen molar-refractivity contribution < 1.29 is 4.52 Å². The van der Waals surface area contributed by atoms with Gasteiger partial charge in [0, 0.05) is 24.7 Å². The van der Waals surface area contributed by atoms with Crippen molar-refractivity contribution in [1.82, 2.24) is 15.4 Å². The topological polar surface area (TPSA) is 41.3 Å². The Labute approximate surface area is 109 Å². The van der Waals surface area contributed by atoms with Gasteiger partial charge >= 0.3 is 0 Å². The fraction of sp³-hybridized carbons (Fsp3) is 0.786. The second-order valence-electron chi connectivity index (χ2n) is 5.74. The Bertz CT molecular complexity index is 386. The molecule has 1 unspecified atom stereocenters. The van der Waals surface area contributed by atoms with E-state index in [1.807, 2.05) is 6.92 Å². The Balaban J connectivity index is 1.56. The molecule has 1 atom stereocenters. The minimum Gasteiger partial charge on any atom is -0.360 e. The molecule has 4 nitrogen and oxygen atoms in total. The van der Waals surface area contributed by atoms with E-state index in [-0.39, 0.29) is 0 Å². The monoisotopic (exact) mass is 249 g/mol. The minimum atomic E-state index is 0.671. The summed E-state index contributed by atoms with van der Waals surface area (Å²) in [6, 6.07) is 3.53. The maximum atomic E-state index is 5.34. The standard InChI is InChI=1S/C14H23N3O/c1-11-8-14(18-16-11)10-17-7-3-2-4-13(17)9-15-12-5-6-12/h8,12-13,15H,2-7,9-10H2,1H3. The highest BCUT2D eigenvalue weighted by molar-refractivity contribution is 5.03. The predicted octanol–water partition coefficient (Wildman–Crippen LogP) is 2.09. The van der Waals surface area contributed by atoms with Gasteiger partial charge in [-0.3, -0.25) is 4.90 Å². The SMILES string of the molecule is Cc1cc(CN2CCCCC2CNC2CC2)on1. The maximum absolute atomic E-state index is 5.34. The Morgan fingerprint density at radius 3 is 3.00 bits per heavy atom. The van der Waals surface area contributed by atoms with Crippen LogP contribution >= 0.6 is 0 Å². The van der Waals surface area contributed by atoms with E-state index in [9.17, 15) is 0 Å². The summed E-state index contributed by atoms with van der Waals surface area (Å²) in [4.78, 5) is 2.55. The zero-order valence-electron chi connectivity index (χ0n) is 11.2. The van der Waals surface area contributed by atoms with Crippen molar-refractivity contribution >= 4 is 0 Å². The van der Waals surface area contributed by atoms with E-state index >= 15 is 0 Å². The van der Waals surface area contributed by atoms with E-state index in [4.69, 9.17) is 4.52 Å². The number of hydrogen-bond acceptors (Lipinski definition) is 4. The van der Waals surface area contributed by atoms with Crippen LogP contribution in [0.3, 0.4) is 0 Å². The number of hydrogen-bond donors (Lipinski definition) is 1. The maximum Gasteiger partial charge on any atom is 0.150 e. The van der Waals surface area contributed by atoms with Gasteiger partial charge < -0.3 is 9.84 Å². The summed E-state index contributed by atoms with van der Waals surface area (Å²) in [6.45, 7) is 5.22. The Morgan fingerprint density at radius 1 is 1.39 bits per heavy atom. The fourth-order valence-corrected chi connectivity index (χ4v) is 2.78. The molecule has 0 aromatic carbocycles. The van der Waals surface area contributed by atoms with Crippen LogP contribution in [0.4, 0.5) is 0 Å². The first kappa shape index (κ1) is 12.2. The first-order valence-corrected chi connectivity index (χ1v) is 7.21. The zero-order chi connectivity index (χ0) is 12.4. The van der Waals surface area contributed by atoms with Gasteiger partial charge in [0.15, 0.2) is 5.76 Å². The normalized spacial score (nSPS) is 25.5. The van der Waals surface area contributed by atoms with Crippen LogP contribution < -0.4 is 5.32 Å². The summed E-state index contributed by atoms with van der Waals surface area (Å²) in [5, 5.41) is 7.63. The van der Waals surface area contributed by atoms with Gasteiger partial charge in [0.2, 0.25) is 0 Å². The molecule has 0 bridgehead atoms. The average molecular weight is 249 g/mol. The fourth-order valence-electron chi connectivity index (χ4n) is 2.78. The Hall–Kier alpha value is -0.870. The molecule has 18 heavy (non-hydrogen) atoms. The number of nitrogens with zero attached hydrogens (tertiary/aromatic N) is 2. The molecule has 4 heteroatoms. The molecule has 2 aliphatic rings. The lowest BCUT2D eigenvalue weighted by molar-refractivity contribution is 0.124. The number of nitrogens with one attached hydrogen (secondary N) is 1. The molecular weight excluding hydrogens is 226 g/mol. The van der Waals surface area contributed by atoms with Crippen molar-refractivity contribution in [3.05, 3.63) is 17.5 Å². The van der Waals surface area contributed by atoms with Crippen LogP contribution in [0.2, 0.25) is 0 Å². The van der Waals surface area contributed by atoms with Crippen LogP contribution in [-0.2, 0) is 6.54 Å². The first-order valence-electron chi connectivity index (χ1n) is 7.21. The highest BCUT2D eigenvalue weighted by atomic mass is 16.5. The molecule has 1 aromatic rings. The number of piperidine rings is 1. The highest BCUT2D eigenvalue weighted by Crippen LogP contribution is 2.22. The molecule has 1 saturated heterocycles. The quantitative estimate of drug-likeness (QED) is 0.867. The molecule has 3 rings (SSSR count). The lowest BCUT2D eigenvalue weighted by atomic mass is 10.0. The van der Waals surface area contributed by atoms with Gasteiger partial charge in [0.1, 0.15) is 0 Å². The van der Waals surface area contributed by atoms with Crippen molar-refractivity contribution in [2.24, 2.45) is 0 Å². The largest absolute Gasteiger partial charge is 0.360 e. The van der Waals surface area contributed by atoms with Crippen LogP contribution in [-0.4, -0.2) is 35.2 Å². The molecule has 1 aliphatic heterocycles. The van der Waals surface area contributed by atoms with Crippen molar-refractivity contribution in [2.45, 2.75) is 57.7 Å². The number of likely N-dealkylation sites (tertiary alicyclic amines) is 1. The first-order chi connectivity index (χ1) is 8.81. The summed E-state index contributed by atoms with van der Waals surface area (Å²) in [5.74, 6) is 1.01. The van der Waals surface area contributed by atoms with E-state index in [1.54, 1.807) is 0 Å². The summed E-state index contributed by atoms with van der Waals surface area (Å²) in [6.07, 6.45) is 6.73. The van der Waals surface area contributed by atoms with Crippen LogP contribution in [0.25, 0.3) is 0 Å². The van der Waals surface area contributed by atoms with E-state index in [1.165, 1.54) is 38.6 Å². The van der Waals surface area contributed by atoms with Gasteiger partial charge in [-0.2, -0.15) is 0 Å². The lowest BCUT2D eigenvalue weighted by Gasteiger charge is -2.35. The second-order valence-corrected chi connectivity index (χ2v) is 5.74.